The normalized spacial score (nSPS) is 18.5. The van der Waals surface area contributed by atoms with E-state index in [1.165, 1.54) is 4.90 Å². The second-order valence-electron chi connectivity index (χ2n) is 6.18. The van der Waals surface area contributed by atoms with Gasteiger partial charge in [0.2, 0.25) is 0 Å². The van der Waals surface area contributed by atoms with E-state index in [1.54, 1.807) is 0 Å². The SMILES string of the molecule is CC(C)CC1NC(=O)N(CN(C)Cc2ccc(Br)cc2)C1=O. The summed E-state index contributed by atoms with van der Waals surface area (Å²) in [6.45, 7) is 5.07. The van der Waals surface area contributed by atoms with Crippen molar-refractivity contribution in [2.75, 3.05) is 13.7 Å². The number of carbonyl (C=O) groups is 2. The van der Waals surface area contributed by atoms with Gasteiger partial charge in [-0.25, -0.2) is 9.69 Å². The Labute approximate surface area is 139 Å². The summed E-state index contributed by atoms with van der Waals surface area (Å²) in [5.41, 5.74) is 1.14. The molecule has 0 aromatic heterocycles. The van der Waals surface area contributed by atoms with E-state index in [-0.39, 0.29) is 18.0 Å². The van der Waals surface area contributed by atoms with Crippen LogP contribution in [0.2, 0.25) is 0 Å². The quantitative estimate of drug-likeness (QED) is 0.786. The van der Waals surface area contributed by atoms with Crippen LogP contribution in [0.3, 0.4) is 0 Å². The van der Waals surface area contributed by atoms with Crippen LogP contribution in [0, 0.1) is 5.92 Å². The van der Waals surface area contributed by atoms with Gasteiger partial charge in [0.25, 0.3) is 5.91 Å². The topological polar surface area (TPSA) is 52.7 Å². The van der Waals surface area contributed by atoms with Crippen LogP contribution in [0.25, 0.3) is 0 Å². The number of hydrogen-bond acceptors (Lipinski definition) is 3. The Bertz CT molecular complexity index is 545. The monoisotopic (exact) mass is 367 g/mol. The standard InChI is InChI=1S/C16H22BrN3O2/c1-11(2)8-14-15(21)20(16(22)18-14)10-19(3)9-12-4-6-13(17)7-5-12/h4-7,11,14H,8-10H2,1-3H3,(H,18,22). The van der Waals surface area contributed by atoms with Crippen LogP contribution >= 0.6 is 15.9 Å². The van der Waals surface area contributed by atoms with Crippen LogP contribution in [0.4, 0.5) is 4.79 Å². The van der Waals surface area contributed by atoms with Crippen molar-refractivity contribution in [3.63, 3.8) is 0 Å². The van der Waals surface area contributed by atoms with E-state index in [2.05, 4.69) is 21.2 Å². The zero-order valence-electron chi connectivity index (χ0n) is 13.2. The molecular formula is C16H22BrN3O2. The van der Waals surface area contributed by atoms with Gasteiger partial charge in [-0.3, -0.25) is 9.69 Å². The number of nitrogens with one attached hydrogen (secondary N) is 1. The van der Waals surface area contributed by atoms with E-state index in [9.17, 15) is 9.59 Å². The first-order chi connectivity index (χ1) is 10.4. The molecule has 5 nitrogen and oxygen atoms in total. The summed E-state index contributed by atoms with van der Waals surface area (Å²) in [6, 6.07) is 7.33. The molecule has 0 aliphatic carbocycles. The van der Waals surface area contributed by atoms with Crippen molar-refractivity contribution in [3.8, 4) is 0 Å². The highest BCUT2D eigenvalue weighted by Gasteiger charge is 2.38. The van der Waals surface area contributed by atoms with Crippen molar-refractivity contribution in [1.29, 1.82) is 0 Å². The minimum atomic E-state index is -0.381. The number of urea groups is 1. The smallest absolute Gasteiger partial charge is 0.325 e. The van der Waals surface area contributed by atoms with Crippen LogP contribution < -0.4 is 5.32 Å². The van der Waals surface area contributed by atoms with Gasteiger partial charge in [-0.1, -0.05) is 41.9 Å². The highest BCUT2D eigenvalue weighted by atomic mass is 79.9. The lowest BCUT2D eigenvalue weighted by molar-refractivity contribution is -0.129. The van der Waals surface area contributed by atoms with Crippen molar-refractivity contribution in [3.05, 3.63) is 34.3 Å². The van der Waals surface area contributed by atoms with Gasteiger partial charge >= 0.3 is 6.03 Å². The van der Waals surface area contributed by atoms with Crippen molar-refractivity contribution < 1.29 is 9.59 Å². The van der Waals surface area contributed by atoms with Gasteiger partial charge in [-0.05, 0) is 37.1 Å². The van der Waals surface area contributed by atoms with Gasteiger partial charge in [0.15, 0.2) is 0 Å². The first-order valence-electron chi connectivity index (χ1n) is 7.41. The summed E-state index contributed by atoms with van der Waals surface area (Å²) in [5.74, 6) is 0.246. The molecule has 1 aliphatic heterocycles. The lowest BCUT2D eigenvalue weighted by atomic mass is 10.0. The molecule has 2 rings (SSSR count). The van der Waals surface area contributed by atoms with Crippen LogP contribution in [0.1, 0.15) is 25.8 Å². The fourth-order valence-corrected chi connectivity index (χ4v) is 2.80. The summed E-state index contributed by atoms with van der Waals surface area (Å²) in [6.07, 6.45) is 0.678. The molecule has 1 N–H and O–H groups in total. The summed E-state index contributed by atoms with van der Waals surface area (Å²) in [5, 5.41) is 2.77. The Morgan fingerprint density at radius 3 is 2.50 bits per heavy atom. The summed E-state index contributed by atoms with van der Waals surface area (Å²) in [7, 11) is 1.90. The molecule has 22 heavy (non-hydrogen) atoms. The van der Waals surface area contributed by atoms with E-state index in [0.29, 0.717) is 25.6 Å². The molecule has 6 heteroatoms. The Kier molecular flexibility index (Phi) is 5.58. The van der Waals surface area contributed by atoms with E-state index in [0.717, 1.165) is 10.0 Å². The minimum absolute atomic E-state index is 0.124. The molecule has 1 aliphatic rings. The van der Waals surface area contributed by atoms with Crippen molar-refractivity contribution >= 4 is 27.9 Å². The number of carbonyl (C=O) groups excluding carboxylic acids is 2. The van der Waals surface area contributed by atoms with Crippen LogP contribution in [0.5, 0.6) is 0 Å². The van der Waals surface area contributed by atoms with E-state index in [1.807, 2.05) is 50.1 Å². The predicted molar refractivity (Wildman–Crippen MR) is 89.1 cm³/mol. The zero-order valence-corrected chi connectivity index (χ0v) is 14.8. The fraction of sp³-hybridized carbons (Fsp3) is 0.500. The van der Waals surface area contributed by atoms with Gasteiger partial charge in [0.05, 0.1) is 6.67 Å². The predicted octanol–water partition coefficient (Wildman–Crippen LogP) is 2.80. The molecule has 0 saturated carbocycles. The summed E-state index contributed by atoms with van der Waals surface area (Å²) in [4.78, 5) is 27.5. The fourth-order valence-electron chi connectivity index (χ4n) is 2.53. The lowest BCUT2D eigenvalue weighted by Crippen LogP contribution is -2.40. The van der Waals surface area contributed by atoms with Crippen molar-refractivity contribution in [2.24, 2.45) is 5.92 Å². The molecule has 1 unspecified atom stereocenters. The Hall–Kier alpha value is -1.40. The number of rotatable bonds is 6. The van der Waals surface area contributed by atoms with E-state index in [4.69, 9.17) is 0 Å². The molecule has 1 fully saturated rings. The third kappa shape index (κ3) is 4.30. The number of halogens is 1. The molecule has 0 radical (unpaired) electrons. The van der Waals surface area contributed by atoms with Crippen LogP contribution in [-0.4, -0.2) is 41.5 Å². The number of nitrogens with zero attached hydrogens (tertiary/aromatic N) is 2. The second-order valence-corrected chi connectivity index (χ2v) is 7.10. The number of amides is 3. The maximum Gasteiger partial charge on any atom is 0.325 e. The molecule has 1 saturated heterocycles. The number of benzene rings is 1. The second kappa shape index (κ2) is 7.24. The summed E-state index contributed by atoms with van der Waals surface area (Å²) >= 11 is 3.41. The first kappa shape index (κ1) is 17.0. The number of hydrogen-bond donors (Lipinski definition) is 1. The van der Waals surface area contributed by atoms with E-state index < -0.39 is 0 Å². The van der Waals surface area contributed by atoms with Crippen LogP contribution in [-0.2, 0) is 11.3 Å². The van der Waals surface area contributed by atoms with Gasteiger partial charge < -0.3 is 5.32 Å². The van der Waals surface area contributed by atoms with Crippen molar-refractivity contribution in [1.82, 2.24) is 15.1 Å². The molecule has 1 aromatic carbocycles. The molecular weight excluding hydrogens is 346 g/mol. The van der Waals surface area contributed by atoms with Gasteiger partial charge in [0, 0.05) is 11.0 Å². The molecule has 1 atom stereocenters. The average Bonchev–Trinajstić information content (AvgIpc) is 2.68. The first-order valence-corrected chi connectivity index (χ1v) is 8.21. The average molecular weight is 368 g/mol. The molecule has 1 heterocycles. The highest BCUT2D eigenvalue weighted by Crippen LogP contribution is 2.16. The molecule has 3 amide bonds. The highest BCUT2D eigenvalue weighted by molar-refractivity contribution is 9.10. The molecule has 1 aromatic rings. The molecule has 120 valence electrons. The Balaban J connectivity index is 1.93. The number of imide groups is 1. The maximum absolute atomic E-state index is 12.3. The van der Waals surface area contributed by atoms with Gasteiger partial charge in [-0.2, -0.15) is 0 Å². The van der Waals surface area contributed by atoms with Gasteiger partial charge in [-0.15, -0.1) is 0 Å². The maximum atomic E-state index is 12.3. The molecule has 0 spiro atoms. The Morgan fingerprint density at radius 2 is 1.91 bits per heavy atom. The largest absolute Gasteiger partial charge is 0.326 e. The Morgan fingerprint density at radius 1 is 1.27 bits per heavy atom. The van der Waals surface area contributed by atoms with Crippen LogP contribution in [0.15, 0.2) is 28.7 Å². The minimum Gasteiger partial charge on any atom is -0.326 e. The summed E-state index contributed by atoms with van der Waals surface area (Å²) < 4.78 is 1.03. The van der Waals surface area contributed by atoms with E-state index >= 15 is 0 Å². The lowest BCUT2D eigenvalue weighted by Gasteiger charge is -2.22. The third-order valence-corrected chi connectivity index (χ3v) is 4.09. The molecule has 0 bridgehead atoms. The van der Waals surface area contributed by atoms with Crippen molar-refractivity contribution in [2.45, 2.75) is 32.9 Å². The van der Waals surface area contributed by atoms with Gasteiger partial charge in [0.1, 0.15) is 6.04 Å². The third-order valence-electron chi connectivity index (χ3n) is 3.56. The zero-order chi connectivity index (χ0) is 16.3.